The molecule has 0 bridgehead atoms. The Morgan fingerprint density at radius 2 is 1.54 bits per heavy atom. The standard InChI is InChI=1S/C27H28N4O3S/c1-19-9-7-8-12-25(19)35(33,34)30-27(32)28-18-17-22-13-15-24(16-14-22)31-21(3)26(20(2)29-31)23-10-5-4-6-11-23/h4-16H,17-18H2,1-3H3,(H2,28,30,32). The van der Waals surface area contributed by atoms with Crippen LogP contribution < -0.4 is 10.0 Å². The van der Waals surface area contributed by atoms with Gasteiger partial charge in [0.05, 0.1) is 16.3 Å². The third-order valence-corrected chi connectivity index (χ3v) is 7.34. The van der Waals surface area contributed by atoms with Crippen molar-refractivity contribution < 1.29 is 13.2 Å². The summed E-state index contributed by atoms with van der Waals surface area (Å²) in [6, 6.07) is 23.9. The van der Waals surface area contributed by atoms with Gasteiger partial charge >= 0.3 is 6.03 Å². The Morgan fingerprint density at radius 1 is 0.886 bits per heavy atom. The van der Waals surface area contributed by atoms with Gasteiger partial charge in [0.15, 0.2) is 0 Å². The van der Waals surface area contributed by atoms with Gasteiger partial charge < -0.3 is 5.32 Å². The fourth-order valence-corrected chi connectivity index (χ4v) is 5.29. The highest BCUT2D eigenvalue weighted by Gasteiger charge is 2.19. The first kappa shape index (κ1) is 24.2. The van der Waals surface area contributed by atoms with Gasteiger partial charge in [0.1, 0.15) is 0 Å². The minimum Gasteiger partial charge on any atom is -0.337 e. The van der Waals surface area contributed by atoms with E-state index in [1.54, 1.807) is 25.1 Å². The van der Waals surface area contributed by atoms with Crippen molar-refractivity contribution in [2.75, 3.05) is 6.54 Å². The number of hydrogen-bond acceptors (Lipinski definition) is 4. The molecule has 0 saturated carbocycles. The topological polar surface area (TPSA) is 93.1 Å². The van der Waals surface area contributed by atoms with E-state index < -0.39 is 16.1 Å². The fraction of sp³-hybridized carbons (Fsp3) is 0.185. The van der Waals surface area contributed by atoms with E-state index in [0.29, 0.717) is 18.5 Å². The molecule has 2 amide bonds. The van der Waals surface area contributed by atoms with Gasteiger partial charge in [-0.25, -0.2) is 22.6 Å². The van der Waals surface area contributed by atoms with Gasteiger partial charge in [-0.1, -0.05) is 60.7 Å². The lowest BCUT2D eigenvalue weighted by Crippen LogP contribution is -2.40. The van der Waals surface area contributed by atoms with Crippen molar-refractivity contribution in [3.8, 4) is 16.8 Å². The number of aryl methyl sites for hydroxylation is 2. The fourth-order valence-electron chi connectivity index (χ4n) is 4.11. The lowest BCUT2D eigenvalue weighted by atomic mass is 10.0. The first-order chi connectivity index (χ1) is 16.8. The average Bonchev–Trinajstić information content (AvgIpc) is 3.13. The molecule has 0 saturated heterocycles. The SMILES string of the molecule is Cc1ccccc1S(=O)(=O)NC(=O)NCCc1ccc(-n2nc(C)c(-c3ccccc3)c2C)cc1. The molecule has 0 unspecified atom stereocenters. The summed E-state index contributed by atoms with van der Waals surface area (Å²) in [6.07, 6.45) is 0.560. The molecule has 0 radical (unpaired) electrons. The van der Waals surface area contributed by atoms with Crippen LogP contribution in [0.5, 0.6) is 0 Å². The Hall–Kier alpha value is -3.91. The van der Waals surface area contributed by atoms with Crippen LogP contribution in [0, 0.1) is 20.8 Å². The molecule has 0 aliphatic rings. The van der Waals surface area contributed by atoms with E-state index in [2.05, 4.69) is 29.1 Å². The predicted octanol–water partition coefficient (Wildman–Crippen LogP) is 4.70. The van der Waals surface area contributed by atoms with E-state index in [4.69, 9.17) is 5.10 Å². The molecule has 4 rings (SSSR count). The summed E-state index contributed by atoms with van der Waals surface area (Å²) in [4.78, 5) is 12.2. The van der Waals surface area contributed by atoms with Crippen molar-refractivity contribution in [3.63, 3.8) is 0 Å². The molecule has 1 aromatic heterocycles. The van der Waals surface area contributed by atoms with Crippen LogP contribution in [0.1, 0.15) is 22.5 Å². The zero-order valence-corrected chi connectivity index (χ0v) is 20.8. The highest BCUT2D eigenvalue weighted by molar-refractivity contribution is 7.90. The number of nitrogens with one attached hydrogen (secondary N) is 2. The van der Waals surface area contributed by atoms with Gasteiger partial charge in [-0.2, -0.15) is 5.10 Å². The Balaban J connectivity index is 1.37. The maximum atomic E-state index is 12.4. The van der Waals surface area contributed by atoms with Crippen LogP contribution in [-0.4, -0.2) is 30.8 Å². The zero-order valence-electron chi connectivity index (χ0n) is 19.9. The quantitative estimate of drug-likeness (QED) is 0.395. The van der Waals surface area contributed by atoms with Gasteiger partial charge in [0.25, 0.3) is 10.0 Å². The highest BCUT2D eigenvalue weighted by Crippen LogP contribution is 2.28. The Bertz CT molecular complexity index is 1440. The first-order valence-electron chi connectivity index (χ1n) is 11.3. The number of sulfonamides is 1. The van der Waals surface area contributed by atoms with Gasteiger partial charge in [0.2, 0.25) is 0 Å². The Labute approximate surface area is 205 Å². The molecule has 3 aromatic carbocycles. The normalized spacial score (nSPS) is 11.3. The summed E-state index contributed by atoms with van der Waals surface area (Å²) in [5.74, 6) is 0. The van der Waals surface area contributed by atoms with Crippen LogP contribution in [0.3, 0.4) is 0 Å². The number of benzene rings is 3. The number of carbonyl (C=O) groups is 1. The Kier molecular flexibility index (Phi) is 7.02. The molecule has 0 aliphatic carbocycles. The van der Waals surface area contributed by atoms with E-state index in [1.807, 2.05) is 54.1 Å². The lowest BCUT2D eigenvalue weighted by Gasteiger charge is -2.11. The van der Waals surface area contributed by atoms with Gasteiger partial charge in [-0.05, 0) is 62.1 Å². The number of carbonyl (C=O) groups excluding carboxylic acids is 1. The third kappa shape index (κ3) is 5.44. The van der Waals surface area contributed by atoms with E-state index in [9.17, 15) is 13.2 Å². The number of amides is 2. The molecule has 180 valence electrons. The van der Waals surface area contributed by atoms with Gasteiger partial charge in [0, 0.05) is 17.8 Å². The van der Waals surface area contributed by atoms with Crippen LogP contribution in [-0.2, 0) is 16.4 Å². The zero-order chi connectivity index (χ0) is 25.0. The minimum atomic E-state index is -3.92. The summed E-state index contributed by atoms with van der Waals surface area (Å²) in [6.45, 7) is 6.05. The number of nitrogens with zero attached hydrogens (tertiary/aromatic N) is 2. The molecule has 0 spiro atoms. The minimum absolute atomic E-state index is 0.0883. The smallest absolute Gasteiger partial charge is 0.328 e. The molecule has 0 aliphatic heterocycles. The molecule has 0 atom stereocenters. The largest absolute Gasteiger partial charge is 0.337 e. The van der Waals surface area contributed by atoms with Crippen LogP contribution in [0.2, 0.25) is 0 Å². The monoisotopic (exact) mass is 488 g/mol. The number of rotatable bonds is 7. The molecular weight excluding hydrogens is 460 g/mol. The summed E-state index contributed by atoms with van der Waals surface area (Å²) in [5, 5.41) is 7.35. The van der Waals surface area contributed by atoms with Crippen molar-refractivity contribution in [2.45, 2.75) is 32.1 Å². The number of aromatic nitrogens is 2. The maximum absolute atomic E-state index is 12.4. The average molecular weight is 489 g/mol. The van der Waals surface area contributed by atoms with Crippen LogP contribution in [0.4, 0.5) is 4.79 Å². The molecular formula is C27H28N4O3S. The number of hydrogen-bond donors (Lipinski definition) is 2. The summed E-state index contributed by atoms with van der Waals surface area (Å²) in [5.41, 5.74) is 6.84. The van der Waals surface area contributed by atoms with Crippen molar-refractivity contribution in [1.82, 2.24) is 19.8 Å². The van der Waals surface area contributed by atoms with E-state index in [0.717, 1.165) is 33.8 Å². The molecule has 7 nitrogen and oxygen atoms in total. The van der Waals surface area contributed by atoms with E-state index >= 15 is 0 Å². The summed E-state index contributed by atoms with van der Waals surface area (Å²) < 4.78 is 28.9. The second kappa shape index (κ2) is 10.1. The summed E-state index contributed by atoms with van der Waals surface area (Å²) >= 11 is 0. The number of urea groups is 1. The first-order valence-corrected chi connectivity index (χ1v) is 12.8. The molecule has 8 heteroatoms. The second-order valence-electron chi connectivity index (χ2n) is 8.37. The van der Waals surface area contributed by atoms with Crippen molar-refractivity contribution in [2.24, 2.45) is 0 Å². The highest BCUT2D eigenvalue weighted by atomic mass is 32.2. The second-order valence-corrected chi connectivity index (χ2v) is 10.0. The van der Waals surface area contributed by atoms with Crippen LogP contribution in [0.25, 0.3) is 16.8 Å². The van der Waals surface area contributed by atoms with Crippen LogP contribution >= 0.6 is 0 Å². The molecule has 35 heavy (non-hydrogen) atoms. The Morgan fingerprint density at radius 3 is 2.23 bits per heavy atom. The van der Waals surface area contributed by atoms with E-state index in [1.165, 1.54) is 6.07 Å². The lowest BCUT2D eigenvalue weighted by molar-refractivity contribution is 0.246. The van der Waals surface area contributed by atoms with Crippen molar-refractivity contribution >= 4 is 16.1 Å². The van der Waals surface area contributed by atoms with Gasteiger partial charge in [-0.3, -0.25) is 0 Å². The van der Waals surface area contributed by atoms with Crippen LogP contribution in [0.15, 0.2) is 83.8 Å². The molecule has 4 aromatic rings. The molecule has 2 N–H and O–H groups in total. The predicted molar refractivity (Wildman–Crippen MR) is 137 cm³/mol. The van der Waals surface area contributed by atoms with Crippen molar-refractivity contribution in [3.05, 3.63) is 101 Å². The summed E-state index contributed by atoms with van der Waals surface area (Å²) in [7, 11) is -3.92. The van der Waals surface area contributed by atoms with E-state index in [-0.39, 0.29) is 4.90 Å². The maximum Gasteiger partial charge on any atom is 0.328 e. The third-order valence-electron chi connectivity index (χ3n) is 5.84. The molecule has 1 heterocycles. The van der Waals surface area contributed by atoms with Crippen molar-refractivity contribution in [1.29, 1.82) is 0 Å². The van der Waals surface area contributed by atoms with Gasteiger partial charge in [-0.15, -0.1) is 0 Å². The molecule has 0 fully saturated rings.